The van der Waals surface area contributed by atoms with Gasteiger partial charge in [-0.1, -0.05) is 30.3 Å². The van der Waals surface area contributed by atoms with Crippen LogP contribution in [-0.2, 0) is 16.1 Å². The molecule has 1 atom stereocenters. The Bertz CT molecular complexity index is 812. The van der Waals surface area contributed by atoms with Crippen LogP contribution in [0.15, 0.2) is 48.7 Å². The standard InChI is InChI=1S/C21H26N4O3/c1-16-12-18(8-9-23-16)24-10-11-25(19(14-24)13-20(26)22-2)21(27)28-15-17-6-4-3-5-7-17/h3-9,12,19H,10-11,13-15H2,1-2H3,(H,22,26). The third-order valence-electron chi connectivity index (χ3n) is 4.87. The maximum atomic E-state index is 12.7. The molecule has 2 aromatic rings. The van der Waals surface area contributed by atoms with E-state index in [-0.39, 0.29) is 31.1 Å². The average molecular weight is 382 g/mol. The minimum atomic E-state index is -0.386. The van der Waals surface area contributed by atoms with Crippen molar-refractivity contribution in [3.63, 3.8) is 0 Å². The van der Waals surface area contributed by atoms with Gasteiger partial charge in [-0.15, -0.1) is 0 Å². The van der Waals surface area contributed by atoms with E-state index in [9.17, 15) is 9.59 Å². The van der Waals surface area contributed by atoms with Crippen LogP contribution in [0.2, 0.25) is 0 Å². The molecular formula is C21H26N4O3. The quantitative estimate of drug-likeness (QED) is 0.859. The van der Waals surface area contributed by atoms with Crippen LogP contribution < -0.4 is 10.2 Å². The molecule has 3 rings (SSSR count). The Hall–Kier alpha value is -3.09. The third-order valence-corrected chi connectivity index (χ3v) is 4.87. The smallest absolute Gasteiger partial charge is 0.410 e. The minimum Gasteiger partial charge on any atom is -0.445 e. The van der Waals surface area contributed by atoms with E-state index in [2.05, 4.69) is 15.2 Å². The molecule has 7 heteroatoms. The van der Waals surface area contributed by atoms with Gasteiger partial charge in [-0.2, -0.15) is 0 Å². The second kappa shape index (κ2) is 9.21. The number of pyridine rings is 1. The number of rotatable bonds is 5. The van der Waals surface area contributed by atoms with E-state index in [1.54, 1.807) is 18.1 Å². The number of amides is 2. The second-order valence-electron chi connectivity index (χ2n) is 6.87. The second-order valence-corrected chi connectivity index (χ2v) is 6.87. The van der Waals surface area contributed by atoms with Gasteiger partial charge in [0.2, 0.25) is 5.91 Å². The highest BCUT2D eigenvalue weighted by molar-refractivity contribution is 5.77. The number of aromatic nitrogens is 1. The zero-order chi connectivity index (χ0) is 19.9. The van der Waals surface area contributed by atoms with Gasteiger partial charge >= 0.3 is 6.09 Å². The molecule has 2 heterocycles. The Labute approximate surface area is 165 Å². The van der Waals surface area contributed by atoms with E-state index < -0.39 is 0 Å². The van der Waals surface area contributed by atoms with Crippen molar-refractivity contribution in [1.29, 1.82) is 0 Å². The molecule has 1 N–H and O–H groups in total. The number of benzene rings is 1. The summed E-state index contributed by atoms with van der Waals surface area (Å²) >= 11 is 0. The van der Waals surface area contributed by atoms with Crippen LogP contribution in [0.4, 0.5) is 10.5 Å². The first kappa shape index (κ1) is 19.7. The highest BCUT2D eigenvalue weighted by Crippen LogP contribution is 2.22. The maximum absolute atomic E-state index is 12.7. The van der Waals surface area contributed by atoms with E-state index in [0.717, 1.165) is 16.9 Å². The molecule has 1 aromatic carbocycles. The maximum Gasteiger partial charge on any atom is 0.410 e. The molecule has 2 amide bonds. The molecule has 7 nitrogen and oxygen atoms in total. The van der Waals surface area contributed by atoms with Gasteiger partial charge in [-0.05, 0) is 24.6 Å². The van der Waals surface area contributed by atoms with Gasteiger partial charge in [0.05, 0.1) is 6.04 Å². The Morgan fingerprint density at radius 1 is 1.21 bits per heavy atom. The van der Waals surface area contributed by atoms with Crippen LogP contribution in [0.3, 0.4) is 0 Å². The molecule has 1 saturated heterocycles. The Balaban J connectivity index is 1.69. The van der Waals surface area contributed by atoms with Crippen molar-refractivity contribution < 1.29 is 14.3 Å². The SMILES string of the molecule is CNC(=O)CC1CN(c2ccnc(C)c2)CCN1C(=O)OCc1ccccc1. The number of ether oxygens (including phenoxy) is 1. The van der Waals surface area contributed by atoms with Crippen LogP contribution in [-0.4, -0.2) is 54.6 Å². The summed E-state index contributed by atoms with van der Waals surface area (Å²) in [7, 11) is 1.60. The number of nitrogens with zero attached hydrogens (tertiary/aromatic N) is 3. The van der Waals surface area contributed by atoms with Gasteiger partial charge in [0.15, 0.2) is 0 Å². The molecule has 0 aliphatic carbocycles. The summed E-state index contributed by atoms with van der Waals surface area (Å²) in [6.45, 7) is 3.90. The van der Waals surface area contributed by atoms with E-state index in [4.69, 9.17) is 4.74 Å². The molecule has 1 aliphatic heterocycles. The predicted octanol–water partition coefficient (Wildman–Crippen LogP) is 2.35. The van der Waals surface area contributed by atoms with Crippen molar-refractivity contribution in [2.75, 3.05) is 31.6 Å². The fraction of sp³-hybridized carbons (Fsp3) is 0.381. The Kier molecular flexibility index (Phi) is 6.47. The molecule has 1 aliphatic rings. The number of hydrogen-bond donors (Lipinski definition) is 1. The molecule has 1 aromatic heterocycles. The highest BCUT2D eigenvalue weighted by atomic mass is 16.6. The number of hydrogen-bond acceptors (Lipinski definition) is 5. The largest absolute Gasteiger partial charge is 0.445 e. The van der Waals surface area contributed by atoms with Crippen LogP contribution in [0, 0.1) is 6.92 Å². The van der Waals surface area contributed by atoms with Crippen LogP contribution in [0.25, 0.3) is 0 Å². The van der Waals surface area contributed by atoms with Crippen molar-refractivity contribution in [1.82, 2.24) is 15.2 Å². The summed E-state index contributed by atoms with van der Waals surface area (Å²) in [6, 6.07) is 13.3. The molecule has 1 unspecified atom stereocenters. The molecular weight excluding hydrogens is 356 g/mol. The number of carbonyl (C=O) groups excluding carboxylic acids is 2. The van der Waals surface area contributed by atoms with Gasteiger partial charge < -0.3 is 19.9 Å². The summed E-state index contributed by atoms with van der Waals surface area (Å²) in [5.41, 5.74) is 2.92. The topological polar surface area (TPSA) is 74.8 Å². The average Bonchev–Trinajstić information content (AvgIpc) is 2.72. The normalized spacial score (nSPS) is 16.6. The zero-order valence-electron chi connectivity index (χ0n) is 16.3. The number of nitrogens with one attached hydrogen (secondary N) is 1. The third kappa shape index (κ3) is 5.00. The van der Waals surface area contributed by atoms with E-state index >= 15 is 0 Å². The van der Waals surface area contributed by atoms with Crippen LogP contribution in [0.5, 0.6) is 0 Å². The van der Waals surface area contributed by atoms with Crippen molar-refractivity contribution in [2.45, 2.75) is 26.0 Å². The van der Waals surface area contributed by atoms with Gasteiger partial charge in [0.1, 0.15) is 6.61 Å². The molecule has 0 saturated carbocycles. The van der Waals surface area contributed by atoms with Gasteiger partial charge in [0, 0.05) is 50.7 Å². The monoisotopic (exact) mass is 382 g/mol. The molecule has 0 radical (unpaired) electrons. The van der Waals surface area contributed by atoms with E-state index in [0.29, 0.717) is 19.6 Å². The lowest BCUT2D eigenvalue weighted by Crippen LogP contribution is -2.56. The van der Waals surface area contributed by atoms with Gasteiger partial charge in [-0.3, -0.25) is 9.78 Å². The van der Waals surface area contributed by atoms with Crippen LogP contribution >= 0.6 is 0 Å². The fourth-order valence-corrected chi connectivity index (χ4v) is 3.35. The van der Waals surface area contributed by atoms with Gasteiger partial charge in [0.25, 0.3) is 0 Å². The number of aryl methyl sites for hydroxylation is 1. The van der Waals surface area contributed by atoms with Gasteiger partial charge in [-0.25, -0.2) is 4.79 Å². The molecule has 28 heavy (non-hydrogen) atoms. The fourth-order valence-electron chi connectivity index (χ4n) is 3.35. The summed E-state index contributed by atoms with van der Waals surface area (Å²) < 4.78 is 5.50. The summed E-state index contributed by atoms with van der Waals surface area (Å²) in [4.78, 5) is 32.8. The lowest BCUT2D eigenvalue weighted by Gasteiger charge is -2.41. The Morgan fingerprint density at radius 3 is 2.71 bits per heavy atom. The van der Waals surface area contributed by atoms with Crippen molar-refractivity contribution in [3.8, 4) is 0 Å². The Morgan fingerprint density at radius 2 is 2.00 bits per heavy atom. The van der Waals surface area contributed by atoms with Crippen molar-refractivity contribution >= 4 is 17.7 Å². The number of carbonyl (C=O) groups is 2. The minimum absolute atomic E-state index is 0.0985. The first-order valence-corrected chi connectivity index (χ1v) is 9.42. The first-order chi connectivity index (χ1) is 13.6. The summed E-state index contributed by atoms with van der Waals surface area (Å²) in [5, 5.41) is 2.65. The highest BCUT2D eigenvalue weighted by Gasteiger charge is 2.33. The van der Waals surface area contributed by atoms with Crippen molar-refractivity contribution in [2.24, 2.45) is 0 Å². The van der Waals surface area contributed by atoms with E-state index in [1.165, 1.54) is 0 Å². The number of anilines is 1. The lowest BCUT2D eigenvalue weighted by atomic mass is 10.1. The number of piperazine rings is 1. The van der Waals surface area contributed by atoms with Crippen LogP contribution in [0.1, 0.15) is 17.7 Å². The first-order valence-electron chi connectivity index (χ1n) is 9.42. The van der Waals surface area contributed by atoms with E-state index in [1.807, 2.05) is 49.4 Å². The zero-order valence-corrected chi connectivity index (χ0v) is 16.3. The summed E-state index contributed by atoms with van der Waals surface area (Å²) in [5.74, 6) is -0.0985. The molecule has 1 fully saturated rings. The predicted molar refractivity (Wildman–Crippen MR) is 107 cm³/mol. The molecule has 0 bridgehead atoms. The molecule has 0 spiro atoms. The van der Waals surface area contributed by atoms with Crippen molar-refractivity contribution in [3.05, 3.63) is 59.9 Å². The molecule has 148 valence electrons. The summed E-state index contributed by atoms with van der Waals surface area (Å²) in [6.07, 6.45) is 1.62. The lowest BCUT2D eigenvalue weighted by molar-refractivity contribution is -0.121.